The number of likely N-dealkylation sites (N-methyl/N-ethyl adjacent to an activating group) is 1. The molecule has 1 heterocycles. The molecule has 1 amide bonds. The molecule has 1 aromatic carbocycles. The third kappa shape index (κ3) is 3.81. The van der Waals surface area contributed by atoms with E-state index in [1.165, 1.54) is 0 Å². The van der Waals surface area contributed by atoms with Crippen LogP contribution in [0.3, 0.4) is 0 Å². The number of anilines is 1. The lowest BCUT2D eigenvalue weighted by Crippen LogP contribution is -2.51. The fourth-order valence-electron chi connectivity index (χ4n) is 2.53. The summed E-state index contributed by atoms with van der Waals surface area (Å²) in [6.07, 6.45) is 0. The van der Waals surface area contributed by atoms with Crippen LogP contribution in [0.2, 0.25) is 0 Å². The molecule has 1 fully saturated rings. The molecule has 20 heavy (non-hydrogen) atoms. The second-order valence-corrected chi connectivity index (χ2v) is 5.69. The maximum absolute atomic E-state index is 12.3. The molecule has 0 aliphatic carbocycles. The number of benzene rings is 1. The molecule has 4 heteroatoms. The highest BCUT2D eigenvalue weighted by Gasteiger charge is 2.21. The van der Waals surface area contributed by atoms with E-state index in [0.29, 0.717) is 12.6 Å². The molecule has 0 saturated carbocycles. The van der Waals surface area contributed by atoms with E-state index in [1.807, 2.05) is 37.4 Å². The Labute approximate surface area is 122 Å². The molecule has 0 radical (unpaired) electrons. The first kappa shape index (κ1) is 15.0. The Kier molecular flexibility index (Phi) is 5.15. The van der Waals surface area contributed by atoms with Crippen molar-refractivity contribution in [3.63, 3.8) is 0 Å². The molecule has 0 bridgehead atoms. The monoisotopic (exact) mass is 275 g/mol. The number of nitrogens with zero attached hydrogens (tertiary/aromatic N) is 3. The maximum Gasteiger partial charge on any atom is 0.240 e. The molecule has 0 spiro atoms. The Morgan fingerprint density at radius 3 is 2.30 bits per heavy atom. The second kappa shape index (κ2) is 6.86. The van der Waals surface area contributed by atoms with E-state index in [0.717, 1.165) is 31.9 Å². The standard InChI is InChI=1S/C16H25N3O/c1-14(2)19-11-9-18(10-12-19)13-16(20)17(3)15-7-5-4-6-8-15/h4-8,14H,9-13H2,1-3H3. The van der Waals surface area contributed by atoms with E-state index in [-0.39, 0.29) is 5.91 Å². The van der Waals surface area contributed by atoms with Crippen LogP contribution in [0.5, 0.6) is 0 Å². The minimum Gasteiger partial charge on any atom is -0.314 e. The van der Waals surface area contributed by atoms with Crippen molar-refractivity contribution >= 4 is 11.6 Å². The maximum atomic E-state index is 12.3. The smallest absolute Gasteiger partial charge is 0.240 e. The van der Waals surface area contributed by atoms with E-state index >= 15 is 0 Å². The summed E-state index contributed by atoms with van der Waals surface area (Å²) in [6, 6.07) is 10.4. The van der Waals surface area contributed by atoms with Crippen molar-refractivity contribution in [2.24, 2.45) is 0 Å². The van der Waals surface area contributed by atoms with E-state index in [2.05, 4.69) is 23.6 Å². The van der Waals surface area contributed by atoms with Crippen molar-refractivity contribution in [3.8, 4) is 0 Å². The van der Waals surface area contributed by atoms with Gasteiger partial charge in [-0.15, -0.1) is 0 Å². The van der Waals surface area contributed by atoms with Gasteiger partial charge in [-0.05, 0) is 26.0 Å². The zero-order valence-corrected chi connectivity index (χ0v) is 12.7. The highest BCUT2D eigenvalue weighted by Crippen LogP contribution is 2.12. The number of rotatable bonds is 4. The van der Waals surface area contributed by atoms with Crippen LogP contribution < -0.4 is 4.90 Å². The number of hydrogen-bond acceptors (Lipinski definition) is 3. The van der Waals surface area contributed by atoms with Crippen LogP contribution in [-0.2, 0) is 4.79 Å². The van der Waals surface area contributed by atoms with Gasteiger partial charge in [-0.3, -0.25) is 14.6 Å². The highest BCUT2D eigenvalue weighted by atomic mass is 16.2. The average Bonchev–Trinajstić information content (AvgIpc) is 2.48. The molecule has 1 aromatic rings. The Hall–Kier alpha value is -1.39. The summed E-state index contributed by atoms with van der Waals surface area (Å²) in [5.74, 6) is 0.161. The Balaban J connectivity index is 1.84. The van der Waals surface area contributed by atoms with Crippen molar-refractivity contribution in [3.05, 3.63) is 30.3 Å². The van der Waals surface area contributed by atoms with E-state index < -0.39 is 0 Å². The summed E-state index contributed by atoms with van der Waals surface area (Å²) in [7, 11) is 1.85. The summed E-state index contributed by atoms with van der Waals surface area (Å²) in [5.41, 5.74) is 0.957. The van der Waals surface area contributed by atoms with Gasteiger partial charge in [0.05, 0.1) is 6.54 Å². The number of amides is 1. The fourth-order valence-corrected chi connectivity index (χ4v) is 2.53. The second-order valence-electron chi connectivity index (χ2n) is 5.69. The van der Waals surface area contributed by atoms with Gasteiger partial charge in [0.1, 0.15) is 0 Å². The fraction of sp³-hybridized carbons (Fsp3) is 0.562. The first-order valence-electron chi connectivity index (χ1n) is 7.36. The van der Waals surface area contributed by atoms with Crippen molar-refractivity contribution in [1.82, 2.24) is 9.80 Å². The molecule has 0 N–H and O–H groups in total. The third-order valence-electron chi connectivity index (χ3n) is 4.01. The molecule has 0 atom stereocenters. The van der Waals surface area contributed by atoms with Gasteiger partial charge in [0, 0.05) is 45.0 Å². The lowest BCUT2D eigenvalue weighted by Gasteiger charge is -2.37. The van der Waals surface area contributed by atoms with Crippen LogP contribution >= 0.6 is 0 Å². The van der Waals surface area contributed by atoms with Crippen LogP contribution in [0.15, 0.2) is 30.3 Å². The zero-order chi connectivity index (χ0) is 14.5. The number of piperazine rings is 1. The van der Waals surface area contributed by atoms with E-state index in [4.69, 9.17) is 0 Å². The van der Waals surface area contributed by atoms with Crippen LogP contribution in [0, 0.1) is 0 Å². The zero-order valence-electron chi connectivity index (χ0n) is 12.7. The number of hydrogen-bond donors (Lipinski definition) is 0. The van der Waals surface area contributed by atoms with Crippen molar-refractivity contribution in [1.29, 1.82) is 0 Å². The summed E-state index contributed by atoms with van der Waals surface area (Å²) in [5, 5.41) is 0. The molecule has 0 aromatic heterocycles. The lowest BCUT2D eigenvalue weighted by molar-refractivity contribution is -0.119. The molecule has 0 unspecified atom stereocenters. The Morgan fingerprint density at radius 1 is 1.15 bits per heavy atom. The predicted molar refractivity (Wildman–Crippen MR) is 83.0 cm³/mol. The highest BCUT2D eigenvalue weighted by molar-refractivity contribution is 5.94. The summed E-state index contributed by atoms with van der Waals surface area (Å²) in [4.78, 5) is 18.8. The van der Waals surface area contributed by atoms with Crippen LogP contribution in [0.4, 0.5) is 5.69 Å². The van der Waals surface area contributed by atoms with Crippen molar-refractivity contribution in [2.45, 2.75) is 19.9 Å². The minimum atomic E-state index is 0.161. The van der Waals surface area contributed by atoms with Gasteiger partial charge in [0.15, 0.2) is 0 Å². The largest absolute Gasteiger partial charge is 0.314 e. The van der Waals surface area contributed by atoms with Gasteiger partial charge in [-0.1, -0.05) is 18.2 Å². The molecule has 4 nitrogen and oxygen atoms in total. The van der Waals surface area contributed by atoms with E-state index in [9.17, 15) is 4.79 Å². The number of carbonyl (C=O) groups is 1. The predicted octanol–water partition coefficient (Wildman–Crippen LogP) is 1.68. The SMILES string of the molecule is CC(C)N1CCN(CC(=O)N(C)c2ccccc2)CC1. The Morgan fingerprint density at radius 2 is 1.75 bits per heavy atom. The van der Waals surface area contributed by atoms with Gasteiger partial charge in [-0.2, -0.15) is 0 Å². The summed E-state index contributed by atoms with van der Waals surface area (Å²) >= 11 is 0. The number of carbonyl (C=O) groups excluding carboxylic acids is 1. The van der Waals surface area contributed by atoms with Crippen LogP contribution in [-0.4, -0.2) is 61.5 Å². The molecule has 1 saturated heterocycles. The summed E-state index contributed by atoms with van der Waals surface area (Å²) < 4.78 is 0. The normalized spacial score (nSPS) is 17.4. The minimum absolute atomic E-state index is 0.161. The van der Waals surface area contributed by atoms with Gasteiger partial charge >= 0.3 is 0 Å². The lowest BCUT2D eigenvalue weighted by atomic mass is 10.2. The molecule has 1 aliphatic rings. The summed E-state index contributed by atoms with van der Waals surface area (Å²) in [6.45, 7) is 9.03. The molecular weight excluding hydrogens is 250 g/mol. The van der Waals surface area contributed by atoms with Gasteiger partial charge in [0.25, 0.3) is 0 Å². The van der Waals surface area contributed by atoms with E-state index in [1.54, 1.807) is 4.90 Å². The molecule has 1 aliphatic heterocycles. The first-order valence-corrected chi connectivity index (χ1v) is 7.36. The molecular formula is C16H25N3O. The Bertz CT molecular complexity index is 425. The molecule has 2 rings (SSSR count). The van der Waals surface area contributed by atoms with Gasteiger partial charge in [0.2, 0.25) is 5.91 Å². The average molecular weight is 275 g/mol. The van der Waals surface area contributed by atoms with Gasteiger partial charge in [-0.25, -0.2) is 0 Å². The van der Waals surface area contributed by atoms with Crippen molar-refractivity contribution < 1.29 is 4.79 Å². The first-order chi connectivity index (χ1) is 9.58. The topological polar surface area (TPSA) is 26.8 Å². The number of para-hydroxylation sites is 1. The van der Waals surface area contributed by atoms with Gasteiger partial charge < -0.3 is 4.90 Å². The third-order valence-corrected chi connectivity index (χ3v) is 4.01. The van der Waals surface area contributed by atoms with Crippen LogP contribution in [0.25, 0.3) is 0 Å². The van der Waals surface area contributed by atoms with Crippen molar-refractivity contribution in [2.75, 3.05) is 44.7 Å². The van der Waals surface area contributed by atoms with Crippen LogP contribution in [0.1, 0.15) is 13.8 Å². The quantitative estimate of drug-likeness (QED) is 0.836. The molecule has 110 valence electrons.